The summed E-state index contributed by atoms with van der Waals surface area (Å²) in [4.78, 5) is 11.9. The predicted octanol–water partition coefficient (Wildman–Crippen LogP) is 3.49. The van der Waals surface area contributed by atoms with Crippen molar-refractivity contribution in [3.05, 3.63) is 41.7 Å². The van der Waals surface area contributed by atoms with Gasteiger partial charge in [0.05, 0.1) is 11.9 Å². The fourth-order valence-electron chi connectivity index (χ4n) is 1.94. The summed E-state index contributed by atoms with van der Waals surface area (Å²) in [6, 6.07) is 5.76. The zero-order chi connectivity index (χ0) is 13.8. The monoisotopic (exact) mass is 258 g/mol. The number of para-hydroxylation sites is 1. The average Bonchev–Trinajstić information content (AvgIpc) is 2.84. The predicted molar refractivity (Wildman–Crippen MR) is 76.5 cm³/mol. The molecule has 19 heavy (non-hydrogen) atoms. The first-order chi connectivity index (χ1) is 9.08. The number of carbonyl (C=O) groups excluding carboxylic acids is 1. The van der Waals surface area contributed by atoms with Crippen LogP contribution in [0.15, 0.2) is 30.6 Å². The minimum absolute atomic E-state index is 0.266. The van der Waals surface area contributed by atoms with Crippen LogP contribution in [0.4, 0.5) is 16.2 Å². The standard InChI is InChI=1S/C14H18N4O/c1-9(2)12-6-4-5-10(3)13(12)18-14(19)17-11-7-15-16-8-11/h4-9H,1-3H3,(H,15,16)(H2,17,18,19). The van der Waals surface area contributed by atoms with Crippen LogP contribution in [0.3, 0.4) is 0 Å². The smallest absolute Gasteiger partial charge is 0.307 e. The Kier molecular flexibility index (Phi) is 3.85. The molecule has 2 amide bonds. The molecule has 0 aliphatic heterocycles. The van der Waals surface area contributed by atoms with Crippen molar-refractivity contribution in [2.45, 2.75) is 26.7 Å². The zero-order valence-electron chi connectivity index (χ0n) is 11.3. The Balaban J connectivity index is 2.16. The summed E-state index contributed by atoms with van der Waals surface area (Å²) in [6.45, 7) is 6.20. The van der Waals surface area contributed by atoms with Crippen LogP contribution in [0, 0.1) is 6.92 Å². The molecule has 1 aromatic carbocycles. The summed E-state index contributed by atoms with van der Waals surface area (Å²) in [5.74, 6) is 0.351. The number of urea groups is 1. The van der Waals surface area contributed by atoms with Crippen molar-refractivity contribution in [2.75, 3.05) is 10.6 Å². The van der Waals surface area contributed by atoms with E-state index in [2.05, 4.69) is 34.7 Å². The maximum Gasteiger partial charge on any atom is 0.323 e. The highest BCUT2D eigenvalue weighted by Gasteiger charge is 2.12. The topological polar surface area (TPSA) is 69.8 Å². The number of benzene rings is 1. The molecule has 2 aromatic rings. The van der Waals surface area contributed by atoms with Gasteiger partial charge in [-0.1, -0.05) is 32.0 Å². The number of hydrogen-bond donors (Lipinski definition) is 3. The number of hydrogen-bond acceptors (Lipinski definition) is 2. The lowest BCUT2D eigenvalue weighted by Crippen LogP contribution is -2.20. The van der Waals surface area contributed by atoms with Crippen molar-refractivity contribution in [1.29, 1.82) is 0 Å². The zero-order valence-corrected chi connectivity index (χ0v) is 11.3. The van der Waals surface area contributed by atoms with E-state index in [1.807, 2.05) is 25.1 Å². The Morgan fingerprint density at radius 1 is 1.32 bits per heavy atom. The van der Waals surface area contributed by atoms with Gasteiger partial charge in [0.15, 0.2) is 0 Å². The Hall–Kier alpha value is -2.30. The van der Waals surface area contributed by atoms with E-state index < -0.39 is 0 Å². The third-order valence-electron chi connectivity index (χ3n) is 2.92. The first kappa shape index (κ1) is 13.1. The number of H-pyrrole nitrogens is 1. The number of anilines is 2. The number of aryl methyl sites for hydroxylation is 1. The fraction of sp³-hybridized carbons (Fsp3) is 0.286. The molecule has 0 saturated heterocycles. The molecule has 5 nitrogen and oxygen atoms in total. The molecular weight excluding hydrogens is 240 g/mol. The Labute approximate surface area is 112 Å². The maximum absolute atomic E-state index is 11.9. The lowest BCUT2D eigenvalue weighted by Gasteiger charge is -2.16. The molecule has 1 aromatic heterocycles. The van der Waals surface area contributed by atoms with E-state index in [0.29, 0.717) is 11.6 Å². The van der Waals surface area contributed by atoms with Crippen LogP contribution in [0.25, 0.3) is 0 Å². The van der Waals surface area contributed by atoms with Gasteiger partial charge in [0.2, 0.25) is 0 Å². The van der Waals surface area contributed by atoms with Crippen molar-refractivity contribution in [1.82, 2.24) is 10.2 Å². The molecule has 0 unspecified atom stereocenters. The molecule has 0 saturated carbocycles. The summed E-state index contributed by atoms with van der Waals surface area (Å²) in [5, 5.41) is 12.1. The lowest BCUT2D eigenvalue weighted by atomic mass is 9.98. The van der Waals surface area contributed by atoms with E-state index in [0.717, 1.165) is 16.8 Å². The van der Waals surface area contributed by atoms with Gasteiger partial charge in [-0.15, -0.1) is 0 Å². The number of carbonyl (C=O) groups is 1. The van der Waals surface area contributed by atoms with E-state index in [1.165, 1.54) is 0 Å². The Bertz CT molecular complexity index is 561. The lowest BCUT2D eigenvalue weighted by molar-refractivity contribution is 0.262. The van der Waals surface area contributed by atoms with Crippen molar-refractivity contribution in [3.8, 4) is 0 Å². The molecule has 0 spiro atoms. The van der Waals surface area contributed by atoms with E-state index in [9.17, 15) is 4.79 Å². The molecule has 5 heteroatoms. The first-order valence-corrected chi connectivity index (χ1v) is 6.24. The number of aromatic nitrogens is 2. The van der Waals surface area contributed by atoms with Crippen LogP contribution >= 0.6 is 0 Å². The summed E-state index contributed by atoms with van der Waals surface area (Å²) in [7, 11) is 0. The number of nitrogens with one attached hydrogen (secondary N) is 3. The van der Waals surface area contributed by atoms with Crippen LogP contribution in [-0.4, -0.2) is 16.2 Å². The summed E-state index contributed by atoms with van der Waals surface area (Å²) < 4.78 is 0. The van der Waals surface area contributed by atoms with Crippen LogP contribution in [0.2, 0.25) is 0 Å². The van der Waals surface area contributed by atoms with E-state index in [4.69, 9.17) is 0 Å². The quantitative estimate of drug-likeness (QED) is 0.788. The number of nitrogens with zero attached hydrogens (tertiary/aromatic N) is 1. The van der Waals surface area contributed by atoms with Crippen molar-refractivity contribution in [3.63, 3.8) is 0 Å². The molecular formula is C14H18N4O. The van der Waals surface area contributed by atoms with E-state index in [1.54, 1.807) is 12.4 Å². The fourth-order valence-corrected chi connectivity index (χ4v) is 1.94. The Morgan fingerprint density at radius 3 is 2.74 bits per heavy atom. The van der Waals surface area contributed by atoms with Gasteiger partial charge in [-0.25, -0.2) is 4.79 Å². The largest absolute Gasteiger partial charge is 0.323 e. The molecule has 0 atom stereocenters. The highest BCUT2D eigenvalue weighted by atomic mass is 16.2. The molecule has 100 valence electrons. The van der Waals surface area contributed by atoms with Crippen LogP contribution in [0.5, 0.6) is 0 Å². The van der Waals surface area contributed by atoms with Crippen molar-refractivity contribution in [2.24, 2.45) is 0 Å². The number of amides is 2. The van der Waals surface area contributed by atoms with Gasteiger partial charge in [0.1, 0.15) is 0 Å². The van der Waals surface area contributed by atoms with Crippen LogP contribution < -0.4 is 10.6 Å². The first-order valence-electron chi connectivity index (χ1n) is 6.24. The summed E-state index contributed by atoms with van der Waals surface area (Å²) >= 11 is 0. The van der Waals surface area contributed by atoms with Gasteiger partial charge in [-0.05, 0) is 24.0 Å². The van der Waals surface area contributed by atoms with E-state index >= 15 is 0 Å². The third-order valence-corrected chi connectivity index (χ3v) is 2.92. The summed E-state index contributed by atoms with van der Waals surface area (Å²) in [6.07, 6.45) is 3.18. The highest BCUT2D eigenvalue weighted by Crippen LogP contribution is 2.27. The van der Waals surface area contributed by atoms with Gasteiger partial charge in [0.25, 0.3) is 0 Å². The molecule has 0 bridgehead atoms. The molecule has 0 aliphatic rings. The minimum atomic E-state index is -0.266. The van der Waals surface area contributed by atoms with Gasteiger partial charge in [0, 0.05) is 11.9 Å². The van der Waals surface area contributed by atoms with Crippen LogP contribution in [0.1, 0.15) is 30.9 Å². The maximum atomic E-state index is 11.9. The van der Waals surface area contributed by atoms with E-state index in [-0.39, 0.29) is 6.03 Å². The average molecular weight is 258 g/mol. The van der Waals surface area contributed by atoms with Gasteiger partial charge in [-0.3, -0.25) is 5.10 Å². The number of aromatic amines is 1. The molecule has 0 radical (unpaired) electrons. The Morgan fingerprint density at radius 2 is 2.11 bits per heavy atom. The third kappa shape index (κ3) is 3.13. The molecule has 3 N–H and O–H groups in total. The van der Waals surface area contributed by atoms with Crippen LogP contribution in [-0.2, 0) is 0 Å². The summed E-state index contributed by atoms with van der Waals surface area (Å²) in [5.41, 5.74) is 3.69. The molecule has 1 heterocycles. The molecule has 0 fully saturated rings. The second kappa shape index (κ2) is 5.56. The SMILES string of the molecule is Cc1cccc(C(C)C)c1NC(=O)Nc1cn[nH]c1. The van der Waals surface area contributed by atoms with Gasteiger partial charge >= 0.3 is 6.03 Å². The minimum Gasteiger partial charge on any atom is -0.307 e. The number of rotatable bonds is 3. The second-order valence-electron chi connectivity index (χ2n) is 4.76. The molecule has 0 aliphatic carbocycles. The second-order valence-corrected chi connectivity index (χ2v) is 4.76. The van der Waals surface area contributed by atoms with Crippen molar-refractivity contribution >= 4 is 17.4 Å². The van der Waals surface area contributed by atoms with Gasteiger partial charge in [-0.2, -0.15) is 5.10 Å². The van der Waals surface area contributed by atoms with Crippen molar-refractivity contribution < 1.29 is 4.79 Å². The normalized spacial score (nSPS) is 10.5. The van der Waals surface area contributed by atoms with Gasteiger partial charge < -0.3 is 10.6 Å². The molecule has 2 rings (SSSR count). The highest BCUT2D eigenvalue weighted by molar-refractivity contribution is 6.00.